The first-order valence-electron chi connectivity index (χ1n) is 6.12. The van der Waals surface area contributed by atoms with E-state index in [4.69, 9.17) is 13.9 Å². The number of carbonyl (C=O) groups excluding carboxylic acids is 1. The summed E-state index contributed by atoms with van der Waals surface area (Å²) in [6.45, 7) is 4.58. The van der Waals surface area contributed by atoms with Gasteiger partial charge in [0.15, 0.2) is 0 Å². The van der Waals surface area contributed by atoms with Crippen LogP contribution < -0.4 is 0 Å². The molecule has 1 aromatic rings. The van der Waals surface area contributed by atoms with Gasteiger partial charge in [-0.05, 0) is 14.0 Å². The summed E-state index contributed by atoms with van der Waals surface area (Å²) in [5.74, 6) is 0.0240. The maximum absolute atomic E-state index is 11.3. The number of hydrogen-bond donors (Lipinski definition) is 0. The molecule has 1 aliphatic rings. The van der Waals surface area contributed by atoms with E-state index in [0.29, 0.717) is 5.22 Å². The molecule has 2 heterocycles. The normalized spacial score (nSPS) is 20.4. The Morgan fingerprint density at radius 2 is 2.42 bits per heavy atom. The molecular weight excluding hydrogens is 270 g/mol. The number of rotatable bonds is 5. The molecule has 1 aromatic heterocycles. The predicted molar refractivity (Wildman–Crippen MR) is 68.2 cm³/mol. The Kier molecular flexibility index (Phi) is 5.17. The molecule has 1 aliphatic heterocycles. The molecule has 1 atom stereocenters. The Morgan fingerprint density at radius 3 is 3.16 bits per heavy atom. The summed E-state index contributed by atoms with van der Waals surface area (Å²) < 4.78 is 15.6. The highest BCUT2D eigenvalue weighted by Gasteiger charge is 2.20. The maximum Gasteiger partial charge on any atom is 0.396 e. The minimum absolute atomic E-state index is 0.106. The van der Waals surface area contributed by atoms with E-state index >= 15 is 0 Å². The van der Waals surface area contributed by atoms with Crippen molar-refractivity contribution < 1.29 is 18.7 Å². The fourth-order valence-electron chi connectivity index (χ4n) is 1.68. The van der Waals surface area contributed by atoms with Gasteiger partial charge in [0.2, 0.25) is 0 Å². The highest BCUT2D eigenvalue weighted by atomic mass is 32.2. The van der Waals surface area contributed by atoms with Crippen molar-refractivity contribution in [2.45, 2.75) is 18.3 Å². The zero-order valence-electron chi connectivity index (χ0n) is 11.0. The van der Waals surface area contributed by atoms with E-state index in [0.717, 1.165) is 25.4 Å². The zero-order valence-corrected chi connectivity index (χ0v) is 11.8. The molecule has 1 unspecified atom stereocenters. The van der Waals surface area contributed by atoms with Gasteiger partial charge in [-0.3, -0.25) is 0 Å². The number of ether oxygens (including phenoxy) is 2. The lowest BCUT2D eigenvalue weighted by Gasteiger charge is -2.29. The number of carbonyl (C=O) groups is 1. The van der Waals surface area contributed by atoms with Crippen molar-refractivity contribution in [2.24, 2.45) is 0 Å². The van der Waals surface area contributed by atoms with Crippen LogP contribution >= 0.6 is 11.8 Å². The minimum Gasteiger partial charge on any atom is -0.459 e. The van der Waals surface area contributed by atoms with E-state index in [1.165, 1.54) is 11.8 Å². The number of aromatic nitrogens is 2. The van der Waals surface area contributed by atoms with E-state index in [1.54, 1.807) is 6.92 Å². The maximum atomic E-state index is 11.3. The van der Waals surface area contributed by atoms with E-state index in [1.807, 2.05) is 0 Å². The summed E-state index contributed by atoms with van der Waals surface area (Å²) in [5, 5.41) is 7.81. The highest BCUT2D eigenvalue weighted by Crippen LogP contribution is 2.19. The Labute approximate surface area is 115 Å². The van der Waals surface area contributed by atoms with Gasteiger partial charge in [-0.15, -0.1) is 5.10 Å². The van der Waals surface area contributed by atoms with Gasteiger partial charge in [-0.25, -0.2) is 4.79 Å². The van der Waals surface area contributed by atoms with Crippen molar-refractivity contribution in [1.82, 2.24) is 15.1 Å². The lowest BCUT2D eigenvalue weighted by atomic mass is 10.3. The number of nitrogens with zero attached hydrogens (tertiary/aromatic N) is 3. The third-order valence-electron chi connectivity index (χ3n) is 2.59. The Hall–Kier alpha value is -1.12. The molecule has 106 valence electrons. The van der Waals surface area contributed by atoms with Crippen LogP contribution in [0.2, 0.25) is 0 Å². The largest absolute Gasteiger partial charge is 0.459 e. The van der Waals surface area contributed by atoms with Gasteiger partial charge in [-0.1, -0.05) is 16.9 Å². The van der Waals surface area contributed by atoms with Crippen LogP contribution in [0.5, 0.6) is 0 Å². The fourth-order valence-corrected chi connectivity index (χ4v) is 2.44. The summed E-state index contributed by atoms with van der Waals surface area (Å²) in [6, 6.07) is 0. The molecule has 0 saturated carbocycles. The minimum atomic E-state index is -0.588. The van der Waals surface area contributed by atoms with Crippen molar-refractivity contribution in [1.29, 1.82) is 0 Å². The SMILES string of the molecule is CCOC(=O)c1nnc(SCC2CN(C)CCO2)o1. The molecule has 0 aliphatic carbocycles. The van der Waals surface area contributed by atoms with Crippen LogP contribution in [0.25, 0.3) is 0 Å². The average molecular weight is 287 g/mol. The molecule has 1 saturated heterocycles. The molecule has 1 fully saturated rings. The molecule has 8 heteroatoms. The monoisotopic (exact) mass is 287 g/mol. The van der Waals surface area contributed by atoms with Crippen LogP contribution in [-0.4, -0.2) is 66.3 Å². The average Bonchev–Trinajstić information content (AvgIpc) is 2.86. The van der Waals surface area contributed by atoms with Crippen molar-refractivity contribution in [3.8, 4) is 0 Å². The third-order valence-corrected chi connectivity index (χ3v) is 3.54. The van der Waals surface area contributed by atoms with Gasteiger partial charge in [0, 0.05) is 18.8 Å². The van der Waals surface area contributed by atoms with Crippen molar-refractivity contribution in [3.63, 3.8) is 0 Å². The second kappa shape index (κ2) is 6.88. The van der Waals surface area contributed by atoms with Crippen LogP contribution in [-0.2, 0) is 9.47 Å². The highest BCUT2D eigenvalue weighted by molar-refractivity contribution is 7.99. The van der Waals surface area contributed by atoms with Crippen molar-refractivity contribution >= 4 is 17.7 Å². The summed E-state index contributed by atoms with van der Waals surface area (Å²) in [6.07, 6.45) is 0.140. The standard InChI is InChI=1S/C11H17N3O4S/c1-3-16-10(15)9-12-13-11(18-9)19-7-8-6-14(2)4-5-17-8/h8H,3-7H2,1-2H3. The molecule has 0 radical (unpaired) electrons. The van der Waals surface area contributed by atoms with Crippen LogP contribution in [0.1, 0.15) is 17.6 Å². The first-order valence-corrected chi connectivity index (χ1v) is 7.11. The second-order valence-corrected chi connectivity index (χ2v) is 5.13. The van der Waals surface area contributed by atoms with Gasteiger partial charge in [0.25, 0.3) is 5.22 Å². The third kappa shape index (κ3) is 4.19. The van der Waals surface area contributed by atoms with Gasteiger partial charge in [-0.2, -0.15) is 0 Å². The number of likely N-dealkylation sites (N-methyl/N-ethyl adjacent to an activating group) is 1. The molecule has 0 bridgehead atoms. The quantitative estimate of drug-likeness (QED) is 0.577. The lowest BCUT2D eigenvalue weighted by molar-refractivity contribution is -0.00606. The Morgan fingerprint density at radius 1 is 1.58 bits per heavy atom. The van der Waals surface area contributed by atoms with Crippen LogP contribution in [0.4, 0.5) is 0 Å². The van der Waals surface area contributed by atoms with Gasteiger partial charge in [0.05, 0.1) is 19.3 Å². The summed E-state index contributed by atoms with van der Waals surface area (Å²) in [5.41, 5.74) is 0. The van der Waals surface area contributed by atoms with Crippen molar-refractivity contribution in [3.05, 3.63) is 5.89 Å². The number of thioether (sulfide) groups is 1. The predicted octanol–water partition coefficient (Wildman–Crippen LogP) is 0.669. The van der Waals surface area contributed by atoms with E-state index in [9.17, 15) is 4.79 Å². The molecule has 0 amide bonds. The fraction of sp³-hybridized carbons (Fsp3) is 0.727. The van der Waals surface area contributed by atoms with Crippen molar-refractivity contribution in [2.75, 3.05) is 39.1 Å². The molecule has 2 rings (SSSR count). The van der Waals surface area contributed by atoms with Gasteiger partial charge in [0.1, 0.15) is 0 Å². The Balaban J connectivity index is 1.81. The molecule has 7 nitrogen and oxygen atoms in total. The van der Waals surface area contributed by atoms with Crippen LogP contribution in [0, 0.1) is 0 Å². The van der Waals surface area contributed by atoms with Gasteiger partial charge < -0.3 is 18.8 Å². The summed E-state index contributed by atoms with van der Waals surface area (Å²) in [4.78, 5) is 13.6. The number of esters is 1. The Bertz CT molecular complexity index is 426. The number of morpholine rings is 1. The molecule has 19 heavy (non-hydrogen) atoms. The topological polar surface area (TPSA) is 77.7 Å². The first kappa shape index (κ1) is 14.3. The second-order valence-electron chi connectivity index (χ2n) is 4.16. The molecule has 0 aromatic carbocycles. The smallest absolute Gasteiger partial charge is 0.396 e. The van der Waals surface area contributed by atoms with Crippen LogP contribution in [0.3, 0.4) is 0 Å². The lowest BCUT2D eigenvalue weighted by Crippen LogP contribution is -2.41. The van der Waals surface area contributed by atoms with Gasteiger partial charge >= 0.3 is 11.9 Å². The number of hydrogen-bond acceptors (Lipinski definition) is 8. The molecule has 0 N–H and O–H groups in total. The van der Waals surface area contributed by atoms with E-state index in [2.05, 4.69) is 22.1 Å². The first-order chi connectivity index (χ1) is 9.19. The molecule has 0 spiro atoms. The van der Waals surface area contributed by atoms with E-state index < -0.39 is 5.97 Å². The van der Waals surface area contributed by atoms with E-state index in [-0.39, 0.29) is 18.6 Å². The summed E-state index contributed by atoms with van der Waals surface area (Å²) >= 11 is 1.39. The summed E-state index contributed by atoms with van der Waals surface area (Å²) in [7, 11) is 2.06. The zero-order chi connectivity index (χ0) is 13.7. The van der Waals surface area contributed by atoms with Crippen LogP contribution in [0.15, 0.2) is 9.64 Å². The molecular formula is C11H17N3O4S.